The van der Waals surface area contributed by atoms with E-state index in [1.165, 1.54) is 0 Å². The third kappa shape index (κ3) is 2.87. The third-order valence-corrected chi connectivity index (χ3v) is 3.98. The molecule has 14 heavy (non-hydrogen) atoms. The summed E-state index contributed by atoms with van der Waals surface area (Å²) in [6.07, 6.45) is 2.77. The SMILES string of the molecule is NC1(C(=O)O)CCC(SCCCO)C1. The van der Waals surface area contributed by atoms with Crippen LogP contribution < -0.4 is 5.73 Å². The maximum atomic E-state index is 10.8. The van der Waals surface area contributed by atoms with Crippen LogP contribution in [0.3, 0.4) is 0 Å². The largest absolute Gasteiger partial charge is 0.480 e. The molecule has 0 aromatic heterocycles. The first kappa shape index (κ1) is 11.8. The van der Waals surface area contributed by atoms with Crippen molar-refractivity contribution in [1.82, 2.24) is 0 Å². The summed E-state index contributed by atoms with van der Waals surface area (Å²) in [6, 6.07) is 0. The second-order valence-electron chi connectivity index (χ2n) is 3.77. The van der Waals surface area contributed by atoms with Crippen LogP contribution in [0.2, 0.25) is 0 Å². The van der Waals surface area contributed by atoms with Crippen LogP contribution in [-0.4, -0.2) is 39.3 Å². The fourth-order valence-corrected chi connectivity index (χ4v) is 3.01. The number of carbonyl (C=O) groups is 1. The highest BCUT2D eigenvalue weighted by atomic mass is 32.2. The Balaban J connectivity index is 2.30. The number of rotatable bonds is 5. The lowest BCUT2D eigenvalue weighted by Gasteiger charge is -2.17. The number of aliphatic hydroxyl groups is 1. The van der Waals surface area contributed by atoms with Crippen molar-refractivity contribution < 1.29 is 15.0 Å². The Hall–Kier alpha value is -0.260. The normalized spacial score (nSPS) is 32.0. The summed E-state index contributed by atoms with van der Waals surface area (Å²) in [6.45, 7) is 0.201. The standard InChI is InChI=1S/C9H17NO3S/c10-9(8(12)13)3-2-7(6-9)14-5-1-4-11/h7,11H,1-6,10H2,(H,12,13). The molecule has 0 amide bonds. The highest BCUT2D eigenvalue weighted by Crippen LogP contribution is 2.35. The van der Waals surface area contributed by atoms with Crippen LogP contribution in [-0.2, 0) is 4.79 Å². The summed E-state index contributed by atoms with van der Waals surface area (Å²) in [4.78, 5) is 10.8. The lowest BCUT2D eigenvalue weighted by molar-refractivity contribution is -0.143. The van der Waals surface area contributed by atoms with Crippen LogP contribution in [0.1, 0.15) is 25.7 Å². The number of nitrogens with two attached hydrogens (primary N) is 1. The van der Waals surface area contributed by atoms with E-state index >= 15 is 0 Å². The molecule has 1 fully saturated rings. The van der Waals surface area contributed by atoms with E-state index in [9.17, 15) is 4.79 Å². The Morgan fingerprint density at radius 1 is 1.64 bits per heavy atom. The zero-order valence-electron chi connectivity index (χ0n) is 8.11. The summed E-state index contributed by atoms with van der Waals surface area (Å²) in [5.74, 6) is -0.000556. The Morgan fingerprint density at radius 3 is 2.86 bits per heavy atom. The van der Waals surface area contributed by atoms with E-state index in [1.807, 2.05) is 0 Å². The molecule has 0 radical (unpaired) electrons. The van der Waals surface area contributed by atoms with Gasteiger partial charge in [-0.2, -0.15) is 11.8 Å². The first-order chi connectivity index (χ1) is 6.58. The van der Waals surface area contributed by atoms with Gasteiger partial charge in [-0.1, -0.05) is 0 Å². The van der Waals surface area contributed by atoms with Crippen molar-refractivity contribution in [3.05, 3.63) is 0 Å². The van der Waals surface area contributed by atoms with Gasteiger partial charge in [0.05, 0.1) is 0 Å². The van der Waals surface area contributed by atoms with Gasteiger partial charge in [0.1, 0.15) is 5.54 Å². The number of carboxylic acids is 1. The molecule has 1 saturated carbocycles. The van der Waals surface area contributed by atoms with E-state index in [2.05, 4.69) is 0 Å². The van der Waals surface area contributed by atoms with Gasteiger partial charge in [-0.25, -0.2) is 0 Å². The van der Waals surface area contributed by atoms with Crippen LogP contribution in [0.15, 0.2) is 0 Å². The van der Waals surface area contributed by atoms with Gasteiger partial charge in [0.2, 0.25) is 0 Å². The van der Waals surface area contributed by atoms with Crippen LogP contribution in [0.5, 0.6) is 0 Å². The van der Waals surface area contributed by atoms with Gasteiger partial charge in [0.15, 0.2) is 0 Å². The molecule has 0 heterocycles. The lowest BCUT2D eigenvalue weighted by atomic mass is 10.0. The molecule has 0 aromatic carbocycles. The average Bonchev–Trinajstić information content (AvgIpc) is 2.50. The molecule has 1 aliphatic rings. The van der Waals surface area contributed by atoms with Gasteiger partial charge in [-0.3, -0.25) is 4.79 Å². The molecule has 0 saturated heterocycles. The second-order valence-corrected chi connectivity index (χ2v) is 5.18. The Labute approximate surface area is 87.9 Å². The van der Waals surface area contributed by atoms with Crippen LogP contribution >= 0.6 is 11.8 Å². The van der Waals surface area contributed by atoms with Crippen molar-refractivity contribution in [2.75, 3.05) is 12.4 Å². The fourth-order valence-electron chi connectivity index (χ4n) is 1.68. The van der Waals surface area contributed by atoms with Crippen LogP contribution in [0.25, 0.3) is 0 Å². The molecular formula is C9H17NO3S. The minimum atomic E-state index is -1.00. The van der Waals surface area contributed by atoms with E-state index in [-0.39, 0.29) is 6.61 Å². The zero-order valence-corrected chi connectivity index (χ0v) is 8.92. The fraction of sp³-hybridized carbons (Fsp3) is 0.889. The number of hydrogen-bond acceptors (Lipinski definition) is 4. The maximum absolute atomic E-state index is 10.8. The predicted molar refractivity (Wildman–Crippen MR) is 56.4 cm³/mol. The number of carboxylic acid groups (broad SMARTS) is 1. The molecule has 0 aromatic rings. The third-order valence-electron chi connectivity index (χ3n) is 2.59. The molecule has 2 unspecified atom stereocenters. The number of hydrogen-bond donors (Lipinski definition) is 3. The number of aliphatic carboxylic acids is 1. The molecule has 4 N–H and O–H groups in total. The Bertz CT molecular complexity index is 212. The van der Waals surface area contributed by atoms with E-state index in [0.29, 0.717) is 18.1 Å². The predicted octanol–water partition coefficient (Wildman–Crippen LogP) is 0.437. The molecule has 1 aliphatic carbocycles. The molecule has 0 spiro atoms. The highest BCUT2D eigenvalue weighted by molar-refractivity contribution is 7.99. The first-order valence-electron chi connectivity index (χ1n) is 4.83. The minimum absolute atomic E-state index is 0.201. The van der Waals surface area contributed by atoms with Crippen molar-refractivity contribution in [2.45, 2.75) is 36.5 Å². The van der Waals surface area contributed by atoms with Gasteiger partial charge in [-0.05, 0) is 31.4 Å². The average molecular weight is 219 g/mol. The van der Waals surface area contributed by atoms with Crippen LogP contribution in [0, 0.1) is 0 Å². The summed E-state index contributed by atoms with van der Waals surface area (Å²) < 4.78 is 0. The van der Waals surface area contributed by atoms with Crippen LogP contribution in [0.4, 0.5) is 0 Å². The molecule has 0 bridgehead atoms. The van der Waals surface area contributed by atoms with Gasteiger partial charge in [-0.15, -0.1) is 0 Å². The van der Waals surface area contributed by atoms with Crippen molar-refractivity contribution in [3.8, 4) is 0 Å². The zero-order chi connectivity index (χ0) is 10.6. The lowest BCUT2D eigenvalue weighted by Crippen LogP contribution is -2.45. The topological polar surface area (TPSA) is 83.6 Å². The first-order valence-corrected chi connectivity index (χ1v) is 5.88. The second kappa shape index (κ2) is 5.00. The van der Waals surface area contributed by atoms with Crippen molar-refractivity contribution in [1.29, 1.82) is 0 Å². The summed E-state index contributed by atoms with van der Waals surface area (Å²) in [7, 11) is 0. The molecule has 5 heteroatoms. The maximum Gasteiger partial charge on any atom is 0.323 e. The quantitative estimate of drug-likeness (QED) is 0.584. The van der Waals surface area contributed by atoms with Crippen molar-refractivity contribution in [3.63, 3.8) is 0 Å². The Kier molecular flexibility index (Phi) is 4.22. The Morgan fingerprint density at radius 2 is 2.36 bits per heavy atom. The van der Waals surface area contributed by atoms with E-state index in [4.69, 9.17) is 15.9 Å². The van der Waals surface area contributed by atoms with Gasteiger partial charge >= 0.3 is 5.97 Å². The molecule has 4 nitrogen and oxygen atoms in total. The molecule has 1 rings (SSSR count). The van der Waals surface area contributed by atoms with Crippen molar-refractivity contribution >= 4 is 17.7 Å². The van der Waals surface area contributed by atoms with Gasteiger partial charge in [0, 0.05) is 11.9 Å². The van der Waals surface area contributed by atoms with E-state index < -0.39 is 11.5 Å². The number of thioether (sulfide) groups is 1. The van der Waals surface area contributed by atoms with Crippen molar-refractivity contribution in [2.24, 2.45) is 5.73 Å². The number of aliphatic hydroxyl groups excluding tert-OH is 1. The smallest absolute Gasteiger partial charge is 0.323 e. The summed E-state index contributed by atoms with van der Waals surface area (Å²) >= 11 is 1.72. The minimum Gasteiger partial charge on any atom is -0.480 e. The monoisotopic (exact) mass is 219 g/mol. The molecule has 2 atom stereocenters. The molecule has 82 valence electrons. The highest BCUT2D eigenvalue weighted by Gasteiger charge is 2.41. The van der Waals surface area contributed by atoms with Gasteiger partial charge in [0.25, 0.3) is 0 Å². The summed E-state index contributed by atoms with van der Waals surface area (Å²) in [5, 5.41) is 17.8. The van der Waals surface area contributed by atoms with Gasteiger partial charge < -0.3 is 15.9 Å². The van der Waals surface area contributed by atoms with E-state index in [0.717, 1.165) is 18.6 Å². The molecule has 0 aliphatic heterocycles. The molecular weight excluding hydrogens is 202 g/mol. The summed E-state index contributed by atoms with van der Waals surface area (Å²) in [5.41, 5.74) is 4.73. The van der Waals surface area contributed by atoms with E-state index in [1.54, 1.807) is 11.8 Å².